The zero-order valence-corrected chi connectivity index (χ0v) is 7.19. The first-order valence-corrected chi connectivity index (χ1v) is 4.22. The van der Waals surface area contributed by atoms with E-state index in [0.29, 0.717) is 11.4 Å². The first kappa shape index (κ1) is 7.62. The molecule has 1 aliphatic heterocycles. The molecule has 3 heteroatoms. The van der Waals surface area contributed by atoms with E-state index >= 15 is 0 Å². The van der Waals surface area contributed by atoms with Crippen molar-refractivity contribution in [2.24, 2.45) is 0 Å². The Bertz CT molecular complexity index is 335. The lowest BCUT2D eigenvalue weighted by molar-refractivity contribution is -0.116. The summed E-state index contributed by atoms with van der Waals surface area (Å²) in [5, 5.41) is 3.38. The largest absolute Gasteiger partial charge is 0.325 e. The Morgan fingerprint density at radius 1 is 1.33 bits per heavy atom. The van der Waals surface area contributed by atoms with Crippen LogP contribution in [-0.4, -0.2) is 5.91 Å². The third-order valence-corrected chi connectivity index (χ3v) is 2.30. The van der Waals surface area contributed by atoms with E-state index < -0.39 is 0 Å². The first-order chi connectivity index (χ1) is 5.77. The fourth-order valence-electron chi connectivity index (χ4n) is 1.37. The summed E-state index contributed by atoms with van der Waals surface area (Å²) in [4.78, 5) is 11.0. The topological polar surface area (TPSA) is 29.1 Å². The predicted octanol–water partition coefficient (Wildman–Crippen LogP) is 2.22. The average Bonchev–Trinajstić information content (AvgIpc) is 2.07. The molecule has 2 nitrogen and oxygen atoms in total. The molecule has 1 amide bonds. The average molecular weight is 182 g/mol. The minimum Gasteiger partial charge on any atom is -0.325 e. The fraction of sp³-hybridized carbons (Fsp3) is 0.222. The van der Waals surface area contributed by atoms with Crippen molar-refractivity contribution >= 4 is 23.2 Å². The van der Waals surface area contributed by atoms with Crippen molar-refractivity contribution in [3.63, 3.8) is 0 Å². The minimum atomic E-state index is 0.0515. The maximum atomic E-state index is 11.0. The van der Waals surface area contributed by atoms with Crippen LogP contribution in [0.4, 0.5) is 5.69 Å². The molecule has 2 rings (SSSR count). The summed E-state index contributed by atoms with van der Waals surface area (Å²) in [6.07, 6.45) is 1.36. The van der Waals surface area contributed by atoms with Crippen LogP contribution in [0, 0.1) is 0 Å². The maximum absolute atomic E-state index is 11.0. The molecule has 1 aliphatic rings. The molecule has 0 saturated heterocycles. The van der Waals surface area contributed by atoms with Crippen LogP contribution >= 0.6 is 11.6 Å². The minimum absolute atomic E-state index is 0.0515. The van der Waals surface area contributed by atoms with Gasteiger partial charge >= 0.3 is 0 Å². The number of hydrogen-bond donors (Lipinski definition) is 1. The van der Waals surface area contributed by atoms with Gasteiger partial charge in [-0.05, 0) is 18.1 Å². The van der Waals surface area contributed by atoms with Crippen LogP contribution in [-0.2, 0) is 11.2 Å². The SMILES string of the molecule is O=C1CCc2cccc(Cl)c2N1. The second kappa shape index (κ2) is 2.79. The van der Waals surface area contributed by atoms with Crippen molar-refractivity contribution < 1.29 is 4.79 Å². The van der Waals surface area contributed by atoms with Crippen molar-refractivity contribution in [2.45, 2.75) is 12.8 Å². The van der Waals surface area contributed by atoms with Crippen LogP contribution in [0.2, 0.25) is 5.02 Å². The van der Waals surface area contributed by atoms with Gasteiger partial charge in [-0.1, -0.05) is 23.7 Å². The highest BCUT2D eigenvalue weighted by Crippen LogP contribution is 2.29. The molecule has 1 N–H and O–H groups in total. The van der Waals surface area contributed by atoms with E-state index in [1.807, 2.05) is 12.1 Å². The van der Waals surface area contributed by atoms with Crippen LogP contribution in [0.15, 0.2) is 18.2 Å². The zero-order chi connectivity index (χ0) is 8.55. The molecular weight excluding hydrogens is 174 g/mol. The van der Waals surface area contributed by atoms with Gasteiger partial charge in [0.05, 0.1) is 10.7 Å². The Balaban J connectivity index is 2.50. The van der Waals surface area contributed by atoms with Gasteiger partial charge in [-0.3, -0.25) is 4.79 Å². The van der Waals surface area contributed by atoms with Crippen LogP contribution < -0.4 is 5.32 Å². The standard InChI is InChI=1S/C9H8ClNO/c10-7-3-1-2-6-4-5-8(12)11-9(6)7/h1-3H,4-5H2,(H,11,12). The van der Waals surface area contributed by atoms with E-state index in [4.69, 9.17) is 11.6 Å². The molecule has 0 aliphatic carbocycles. The number of para-hydroxylation sites is 1. The van der Waals surface area contributed by atoms with Crippen molar-refractivity contribution in [3.05, 3.63) is 28.8 Å². The third kappa shape index (κ3) is 1.18. The number of anilines is 1. The second-order valence-electron chi connectivity index (χ2n) is 2.82. The number of carbonyl (C=O) groups excluding carboxylic acids is 1. The lowest BCUT2D eigenvalue weighted by atomic mass is 10.0. The molecule has 62 valence electrons. The van der Waals surface area contributed by atoms with E-state index in [0.717, 1.165) is 17.7 Å². The number of amides is 1. The van der Waals surface area contributed by atoms with Crippen LogP contribution in [0.1, 0.15) is 12.0 Å². The van der Waals surface area contributed by atoms with Gasteiger partial charge in [0.1, 0.15) is 0 Å². The summed E-state index contributed by atoms with van der Waals surface area (Å²) in [7, 11) is 0. The Labute approximate surface area is 75.5 Å². The molecule has 0 unspecified atom stereocenters. The Hall–Kier alpha value is -1.02. The molecule has 0 fully saturated rings. The maximum Gasteiger partial charge on any atom is 0.224 e. The summed E-state index contributed by atoms with van der Waals surface area (Å²) in [5.41, 5.74) is 1.91. The summed E-state index contributed by atoms with van der Waals surface area (Å²) in [6, 6.07) is 5.67. The van der Waals surface area contributed by atoms with E-state index in [2.05, 4.69) is 5.32 Å². The van der Waals surface area contributed by atoms with Gasteiger partial charge in [0.25, 0.3) is 0 Å². The number of rotatable bonds is 0. The molecule has 0 aromatic heterocycles. The molecule has 0 bridgehead atoms. The lowest BCUT2D eigenvalue weighted by Gasteiger charge is -2.17. The van der Waals surface area contributed by atoms with Gasteiger partial charge in [0, 0.05) is 6.42 Å². The number of aryl methyl sites for hydroxylation is 1. The molecule has 0 spiro atoms. The van der Waals surface area contributed by atoms with Gasteiger partial charge in [-0.25, -0.2) is 0 Å². The molecule has 0 atom stereocenters. The Kier molecular flexibility index (Phi) is 1.77. The number of hydrogen-bond acceptors (Lipinski definition) is 1. The molecule has 12 heavy (non-hydrogen) atoms. The number of carbonyl (C=O) groups is 1. The third-order valence-electron chi connectivity index (χ3n) is 1.99. The highest BCUT2D eigenvalue weighted by Gasteiger charge is 2.15. The fourth-order valence-corrected chi connectivity index (χ4v) is 1.61. The van der Waals surface area contributed by atoms with Crippen molar-refractivity contribution in [2.75, 3.05) is 5.32 Å². The number of halogens is 1. The Morgan fingerprint density at radius 2 is 2.17 bits per heavy atom. The van der Waals surface area contributed by atoms with E-state index in [1.54, 1.807) is 6.07 Å². The van der Waals surface area contributed by atoms with Crippen LogP contribution in [0.3, 0.4) is 0 Å². The van der Waals surface area contributed by atoms with Crippen LogP contribution in [0.5, 0.6) is 0 Å². The quantitative estimate of drug-likeness (QED) is 0.654. The molecule has 1 aromatic rings. The monoisotopic (exact) mass is 181 g/mol. The highest BCUT2D eigenvalue weighted by molar-refractivity contribution is 6.34. The molecule has 1 heterocycles. The van der Waals surface area contributed by atoms with Gasteiger partial charge in [-0.15, -0.1) is 0 Å². The first-order valence-electron chi connectivity index (χ1n) is 3.84. The number of fused-ring (bicyclic) bond motifs is 1. The van der Waals surface area contributed by atoms with Gasteiger partial charge in [0.15, 0.2) is 0 Å². The number of nitrogens with one attached hydrogen (secondary N) is 1. The van der Waals surface area contributed by atoms with E-state index in [9.17, 15) is 4.79 Å². The molecule has 0 radical (unpaired) electrons. The molecule has 1 aromatic carbocycles. The summed E-state index contributed by atoms with van der Waals surface area (Å²) in [6.45, 7) is 0. The lowest BCUT2D eigenvalue weighted by Crippen LogP contribution is -2.19. The van der Waals surface area contributed by atoms with Gasteiger partial charge in [0.2, 0.25) is 5.91 Å². The molecule has 0 saturated carbocycles. The van der Waals surface area contributed by atoms with Crippen molar-refractivity contribution in [1.82, 2.24) is 0 Å². The molecular formula is C9H8ClNO. The van der Waals surface area contributed by atoms with Crippen LogP contribution in [0.25, 0.3) is 0 Å². The zero-order valence-electron chi connectivity index (χ0n) is 6.43. The Morgan fingerprint density at radius 3 is 3.00 bits per heavy atom. The number of benzene rings is 1. The van der Waals surface area contributed by atoms with Crippen molar-refractivity contribution in [3.8, 4) is 0 Å². The van der Waals surface area contributed by atoms with Crippen molar-refractivity contribution in [1.29, 1.82) is 0 Å². The predicted molar refractivity (Wildman–Crippen MR) is 48.4 cm³/mol. The summed E-state index contributed by atoms with van der Waals surface area (Å²) in [5.74, 6) is 0.0515. The van der Waals surface area contributed by atoms with E-state index in [1.165, 1.54) is 0 Å². The van der Waals surface area contributed by atoms with Gasteiger partial charge in [-0.2, -0.15) is 0 Å². The summed E-state index contributed by atoms with van der Waals surface area (Å²) >= 11 is 5.89. The highest BCUT2D eigenvalue weighted by atomic mass is 35.5. The summed E-state index contributed by atoms with van der Waals surface area (Å²) < 4.78 is 0. The normalized spacial score (nSPS) is 15.2. The smallest absolute Gasteiger partial charge is 0.224 e. The van der Waals surface area contributed by atoms with E-state index in [-0.39, 0.29) is 5.91 Å². The second-order valence-corrected chi connectivity index (χ2v) is 3.23. The van der Waals surface area contributed by atoms with Gasteiger partial charge < -0.3 is 5.32 Å².